The summed E-state index contributed by atoms with van der Waals surface area (Å²) in [7, 11) is 0. The Balaban J connectivity index is 1.99. The lowest BCUT2D eigenvalue weighted by Crippen LogP contribution is -1.99. The third-order valence-corrected chi connectivity index (χ3v) is 3.82. The molecule has 0 aliphatic rings. The molecule has 1 N–H and O–H groups in total. The van der Waals surface area contributed by atoms with Gasteiger partial charge in [-0.05, 0) is 16.8 Å². The predicted octanol–water partition coefficient (Wildman–Crippen LogP) is 3.59. The summed E-state index contributed by atoms with van der Waals surface area (Å²) in [6.45, 7) is 0. The summed E-state index contributed by atoms with van der Waals surface area (Å²) in [6.07, 6.45) is -0.0237. The van der Waals surface area contributed by atoms with Crippen LogP contribution in [0.25, 0.3) is 21.3 Å². The zero-order valence-electron chi connectivity index (χ0n) is 10.0. The number of carboxylic acid groups (broad SMARTS) is 1. The molecular formula is C15H11NO2S. The van der Waals surface area contributed by atoms with Gasteiger partial charge in [0.2, 0.25) is 0 Å². The van der Waals surface area contributed by atoms with E-state index in [0.29, 0.717) is 5.69 Å². The zero-order valence-corrected chi connectivity index (χ0v) is 10.9. The number of hydrogen-bond acceptors (Lipinski definition) is 3. The van der Waals surface area contributed by atoms with Crippen molar-refractivity contribution in [1.29, 1.82) is 0 Å². The molecule has 1 heterocycles. The van der Waals surface area contributed by atoms with E-state index >= 15 is 0 Å². The molecule has 0 saturated heterocycles. The minimum absolute atomic E-state index is 0.0237. The van der Waals surface area contributed by atoms with Gasteiger partial charge in [-0.15, -0.1) is 11.3 Å². The maximum absolute atomic E-state index is 10.7. The number of aliphatic carboxylic acids is 1. The molecule has 0 bridgehead atoms. The van der Waals surface area contributed by atoms with E-state index < -0.39 is 5.97 Å². The summed E-state index contributed by atoms with van der Waals surface area (Å²) in [5.74, 6) is -0.852. The van der Waals surface area contributed by atoms with Crippen LogP contribution in [0.4, 0.5) is 0 Å². The van der Waals surface area contributed by atoms with Crippen LogP contribution in [0.3, 0.4) is 0 Å². The van der Waals surface area contributed by atoms with Crippen LogP contribution >= 0.6 is 11.3 Å². The average Bonchev–Trinajstić information content (AvgIpc) is 2.86. The molecule has 3 aromatic rings. The van der Waals surface area contributed by atoms with Gasteiger partial charge in [0.15, 0.2) is 0 Å². The highest BCUT2D eigenvalue weighted by Crippen LogP contribution is 2.27. The van der Waals surface area contributed by atoms with Crippen molar-refractivity contribution in [3.63, 3.8) is 0 Å². The monoisotopic (exact) mass is 269 g/mol. The van der Waals surface area contributed by atoms with E-state index in [1.165, 1.54) is 16.7 Å². The number of carboxylic acids is 1. The zero-order chi connectivity index (χ0) is 13.2. The molecule has 1 aromatic heterocycles. The number of rotatable bonds is 3. The summed E-state index contributed by atoms with van der Waals surface area (Å²) in [5, 5.41) is 13.8. The summed E-state index contributed by atoms with van der Waals surface area (Å²) in [5.41, 5.74) is 1.64. The average molecular weight is 269 g/mol. The molecule has 3 rings (SSSR count). The maximum atomic E-state index is 10.7. The van der Waals surface area contributed by atoms with E-state index in [0.717, 1.165) is 16.0 Å². The lowest BCUT2D eigenvalue weighted by molar-refractivity contribution is -0.136. The fourth-order valence-electron chi connectivity index (χ4n) is 2.00. The Morgan fingerprint density at radius 3 is 2.74 bits per heavy atom. The number of carbonyl (C=O) groups is 1. The lowest BCUT2D eigenvalue weighted by atomic mass is 10.1. The van der Waals surface area contributed by atoms with Gasteiger partial charge < -0.3 is 5.11 Å². The summed E-state index contributed by atoms with van der Waals surface area (Å²) in [6, 6.07) is 14.3. The molecule has 0 saturated carbocycles. The topological polar surface area (TPSA) is 50.2 Å². The van der Waals surface area contributed by atoms with E-state index in [9.17, 15) is 4.79 Å². The number of hydrogen-bond donors (Lipinski definition) is 1. The van der Waals surface area contributed by atoms with Gasteiger partial charge in [0.1, 0.15) is 5.01 Å². The van der Waals surface area contributed by atoms with Crippen molar-refractivity contribution in [3.05, 3.63) is 53.5 Å². The Morgan fingerprint density at radius 1 is 1.16 bits per heavy atom. The molecule has 0 spiro atoms. The molecule has 0 amide bonds. The number of fused-ring (bicyclic) bond motifs is 1. The van der Waals surface area contributed by atoms with Crippen LogP contribution in [0.1, 0.15) is 5.69 Å². The van der Waals surface area contributed by atoms with Crippen LogP contribution in [0, 0.1) is 0 Å². The molecule has 0 atom stereocenters. The molecule has 2 aromatic carbocycles. The van der Waals surface area contributed by atoms with Gasteiger partial charge in [-0.2, -0.15) is 0 Å². The first-order valence-corrected chi connectivity index (χ1v) is 6.76. The van der Waals surface area contributed by atoms with Crippen molar-refractivity contribution in [3.8, 4) is 10.6 Å². The van der Waals surface area contributed by atoms with Gasteiger partial charge in [0, 0.05) is 10.9 Å². The number of aromatic nitrogens is 1. The van der Waals surface area contributed by atoms with Gasteiger partial charge in [-0.1, -0.05) is 36.4 Å². The second-order valence-electron chi connectivity index (χ2n) is 4.28. The van der Waals surface area contributed by atoms with Gasteiger partial charge in [0.05, 0.1) is 12.1 Å². The molecule has 3 nitrogen and oxygen atoms in total. The van der Waals surface area contributed by atoms with Crippen molar-refractivity contribution in [1.82, 2.24) is 4.98 Å². The standard InChI is InChI=1S/C15H11NO2S/c17-14(18)8-13-9-19-15(16-13)12-6-5-10-3-1-2-4-11(10)7-12/h1-7,9H,8H2,(H,17,18). The number of thiazole rings is 1. The maximum Gasteiger partial charge on any atom is 0.309 e. The smallest absolute Gasteiger partial charge is 0.309 e. The first-order chi connectivity index (χ1) is 9.22. The molecule has 0 unspecified atom stereocenters. The molecule has 94 valence electrons. The van der Waals surface area contributed by atoms with Crippen LogP contribution in [0.5, 0.6) is 0 Å². The van der Waals surface area contributed by atoms with Gasteiger partial charge in [-0.3, -0.25) is 4.79 Å². The van der Waals surface area contributed by atoms with Crippen LogP contribution in [-0.4, -0.2) is 16.1 Å². The van der Waals surface area contributed by atoms with Crippen LogP contribution in [-0.2, 0) is 11.2 Å². The highest BCUT2D eigenvalue weighted by Gasteiger charge is 2.08. The molecule has 0 fully saturated rings. The van der Waals surface area contributed by atoms with Crippen molar-refractivity contribution in [2.45, 2.75) is 6.42 Å². The van der Waals surface area contributed by atoms with E-state index in [1.807, 2.05) is 18.2 Å². The van der Waals surface area contributed by atoms with Crippen molar-refractivity contribution in [2.75, 3.05) is 0 Å². The molecule has 4 heteroatoms. The van der Waals surface area contributed by atoms with E-state index in [4.69, 9.17) is 5.11 Å². The lowest BCUT2D eigenvalue weighted by Gasteiger charge is -2.00. The minimum Gasteiger partial charge on any atom is -0.481 e. The second-order valence-corrected chi connectivity index (χ2v) is 5.13. The fraction of sp³-hybridized carbons (Fsp3) is 0.0667. The first kappa shape index (κ1) is 11.9. The SMILES string of the molecule is O=C(O)Cc1csc(-c2ccc3ccccc3c2)n1. The summed E-state index contributed by atoms with van der Waals surface area (Å²) in [4.78, 5) is 15.0. The van der Waals surface area contributed by atoms with Crippen molar-refractivity contribution in [2.24, 2.45) is 0 Å². The Morgan fingerprint density at radius 2 is 1.95 bits per heavy atom. The van der Waals surface area contributed by atoms with Crippen molar-refractivity contribution < 1.29 is 9.90 Å². The van der Waals surface area contributed by atoms with Crippen LogP contribution < -0.4 is 0 Å². The molecule has 19 heavy (non-hydrogen) atoms. The number of nitrogens with zero attached hydrogens (tertiary/aromatic N) is 1. The van der Waals surface area contributed by atoms with Crippen molar-refractivity contribution >= 4 is 28.1 Å². The van der Waals surface area contributed by atoms with E-state index in [2.05, 4.69) is 29.2 Å². The quantitative estimate of drug-likeness (QED) is 0.790. The number of benzene rings is 2. The fourth-order valence-corrected chi connectivity index (χ4v) is 2.81. The molecule has 0 aliphatic heterocycles. The normalized spacial score (nSPS) is 10.7. The highest BCUT2D eigenvalue weighted by atomic mass is 32.1. The third kappa shape index (κ3) is 2.48. The molecule has 0 radical (unpaired) electrons. The molecule has 0 aliphatic carbocycles. The van der Waals surface area contributed by atoms with E-state index in [1.54, 1.807) is 5.38 Å². The molecular weight excluding hydrogens is 258 g/mol. The Bertz CT molecular complexity index is 748. The predicted molar refractivity (Wildman–Crippen MR) is 76.4 cm³/mol. The Labute approximate surface area is 114 Å². The van der Waals surface area contributed by atoms with Gasteiger partial charge in [-0.25, -0.2) is 4.98 Å². The minimum atomic E-state index is -0.852. The van der Waals surface area contributed by atoms with Crippen LogP contribution in [0.2, 0.25) is 0 Å². The third-order valence-electron chi connectivity index (χ3n) is 2.88. The first-order valence-electron chi connectivity index (χ1n) is 5.88. The Kier molecular flexibility index (Phi) is 3.01. The van der Waals surface area contributed by atoms with Gasteiger partial charge in [0.25, 0.3) is 0 Å². The van der Waals surface area contributed by atoms with E-state index in [-0.39, 0.29) is 6.42 Å². The largest absolute Gasteiger partial charge is 0.481 e. The second kappa shape index (κ2) is 4.82. The van der Waals surface area contributed by atoms with Gasteiger partial charge >= 0.3 is 5.97 Å². The summed E-state index contributed by atoms with van der Waals surface area (Å²) < 4.78 is 0. The Hall–Kier alpha value is -2.20. The van der Waals surface area contributed by atoms with Crippen LogP contribution in [0.15, 0.2) is 47.8 Å². The highest BCUT2D eigenvalue weighted by molar-refractivity contribution is 7.13. The summed E-state index contributed by atoms with van der Waals surface area (Å²) >= 11 is 1.48.